The molecule has 4 rings (SSSR count). The van der Waals surface area contributed by atoms with Gasteiger partial charge in [0.25, 0.3) is 10.1 Å². The monoisotopic (exact) mass is 513 g/mol. The summed E-state index contributed by atoms with van der Waals surface area (Å²) in [5.41, 5.74) is 5.80. The average molecular weight is 513 g/mol. The number of carbonyl (C=O) groups excluding carboxylic acids is 1. The Morgan fingerprint density at radius 3 is 2.20 bits per heavy atom. The third-order valence-electron chi connectivity index (χ3n) is 5.24. The normalized spacial score (nSPS) is 14.8. The van der Waals surface area contributed by atoms with Crippen LogP contribution < -0.4 is 16.4 Å². The lowest BCUT2D eigenvalue weighted by Crippen LogP contribution is -2.47. The van der Waals surface area contributed by atoms with Crippen molar-refractivity contribution in [2.45, 2.75) is 30.9 Å². The fraction of sp³-hybridized carbons (Fsp3) is 0.286. The Bertz CT molecular complexity index is 1260. The third kappa shape index (κ3) is 6.70. The van der Waals surface area contributed by atoms with Crippen molar-refractivity contribution in [1.29, 1.82) is 0 Å². The number of nitrogens with one attached hydrogen (secondary N) is 2. The van der Waals surface area contributed by atoms with Crippen molar-refractivity contribution in [3.63, 3.8) is 0 Å². The van der Waals surface area contributed by atoms with Crippen molar-refractivity contribution in [3.8, 4) is 11.1 Å². The number of nitrogens with two attached hydrogens (primary N) is 1. The van der Waals surface area contributed by atoms with Gasteiger partial charge < -0.3 is 15.6 Å². The van der Waals surface area contributed by atoms with Gasteiger partial charge in [0, 0.05) is 23.5 Å². The molecule has 2 amide bonds. The van der Waals surface area contributed by atoms with Crippen molar-refractivity contribution in [1.82, 2.24) is 10.1 Å². The molecule has 1 aromatic carbocycles. The number of benzene rings is 1. The minimum absolute atomic E-state index is 0.0484. The Hall–Kier alpha value is -3.65. The molecule has 10 nitrogen and oxygen atoms in total. The van der Waals surface area contributed by atoms with E-state index < -0.39 is 27.7 Å². The molecule has 0 bridgehead atoms. The molecular formula is C21H22F3N5O5S. The summed E-state index contributed by atoms with van der Waals surface area (Å²) in [6.07, 6.45) is -1.70. The number of halogens is 3. The van der Waals surface area contributed by atoms with Gasteiger partial charge in [-0.25, -0.2) is 9.78 Å². The highest BCUT2D eigenvalue weighted by Crippen LogP contribution is 2.54. The molecule has 1 saturated carbocycles. The number of hydrogen-bond acceptors (Lipinski definition) is 7. The second-order valence-corrected chi connectivity index (χ2v) is 9.34. The molecule has 0 radical (unpaired) electrons. The van der Waals surface area contributed by atoms with Gasteiger partial charge in [0.05, 0.1) is 6.26 Å². The summed E-state index contributed by atoms with van der Waals surface area (Å²) in [7, 11) is -3.67. The topological polar surface area (TPSA) is 160 Å². The lowest BCUT2D eigenvalue weighted by atomic mass is 9.66. The van der Waals surface area contributed by atoms with Crippen LogP contribution in [0.1, 0.15) is 25.0 Å². The summed E-state index contributed by atoms with van der Waals surface area (Å²) in [6.45, 7) is 0. The van der Waals surface area contributed by atoms with Gasteiger partial charge >= 0.3 is 12.2 Å². The molecule has 0 unspecified atom stereocenters. The molecule has 188 valence electrons. The van der Waals surface area contributed by atoms with E-state index >= 15 is 0 Å². The van der Waals surface area contributed by atoms with Gasteiger partial charge in [-0.2, -0.15) is 21.6 Å². The summed E-state index contributed by atoms with van der Waals surface area (Å²) in [4.78, 5) is 16.2. The second kappa shape index (κ2) is 9.92. The first-order chi connectivity index (χ1) is 16.3. The lowest BCUT2D eigenvalue weighted by molar-refractivity contribution is -0.218. The molecule has 2 heterocycles. The molecule has 5 N–H and O–H groups in total. The van der Waals surface area contributed by atoms with Crippen molar-refractivity contribution >= 4 is 33.5 Å². The van der Waals surface area contributed by atoms with Crippen LogP contribution in [0.4, 0.5) is 35.3 Å². The Labute approximate surface area is 198 Å². The van der Waals surface area contributed by atoms with Crippen LogP contribution in [0.2, 0.25) is 0 Å². The van der Waals surface area contributed by atoms with E-state index in [1.54, 1.807) is 36.5 Å². The predicted molar refractivity (Wildman–Crippen MR) is 122 cm³/mol. The van der Waals surface area contributed by atoms with Crippen molar-refractivity contribution in [2.24, 2.45) is 0 Å². The Morgan fingerprint density at radius 2 is 1.71 bits per heavy atom. The molecule has 14 heteroatoms. The molecule has 1 aliphatic rings. The van der Waals surface area contributed by atoms with E-state index in [0.717, 1.165) is 17.2 Å². The zero-order valence-electron chi connectivity index (χ0n) is 18.3. The number of carbonyl (C=O) groups is 1. The Morgan fingerprint density at radius 1 is 1.11 bits per heavy atom. The molecule has 1 aliphatic carbocycles. The van der Waals surface area contributed by atoms with Crippen LogP contribution in [0.5, 0.6) is 0 Å². The molecule has 1 fully saturated rings. The number of hydrogen-bond donors (Lipinski definition) is 4. The maximum atomic E-state index is 13.4. The van der Waals surface area contributed by atoms with E-state index in [4.69, 9.17) is 14.8 Å². The molecule has 35 heavy (non-hydrogen) atoms. The number of pyridine rings is 1. The predicted octanol–water partition coefficient (Wildman–Crippen LogP) is 4.45. The Balaban J connectivity index is 0.000000623. The fourth-order valence-electron chi connectivity index (χ4n) is 3.36. The third-order valence-corrected chi connectivity index (χ3v) is 5.24. The van der Waals surface area contributed by atoms with Gasteiger partial charge in [0.2, 0.25) is 0 Å². The van der Waals surface area contributed by atoms with Crippen LogP contribution in [0.25, 0.3) is 11.1 Å². The first-order valence-corrected chi connectivity index (χ1v) is 12.0. The number of alkyl halides is 3. The van der Waals surface area contributed by atoms with Gasteiger partial charge in [-0.15, -0.1) is 0 Å². The number of nitrogen functional groups attached to an aromatic ring is 1. The highest BCUT2D eigenvalue weighted by Gasteiger charge is 2.61. The number of aromatic nitrogens is 2. The molecule has 0 atom stereocenters. The quantitative estimate of drug-likeness (QED) is 0.372. The van der Waals surface area contributed by atoms with Crippen LogP contribution in [0.3, 0.4) is 0 Å². The van der Waals surface area contributed by atoms with Gasteiger partial charge in [-0.3, -0.25) is 9.87 Å². The van der Waals surface area contributed by atoms with Crippen molar-refractivity contribution in [2.75, 3.05) is 22.6 Å². The van der Waals surface area contributed by atoms with Gasteiger partial charge in [-0.05, 0) is 42.7 Å². The SMILES string of the molecule is CS(=O)(=O)O.Nc1ccc(-c2ccc(NC(=O)Nc3cc(C4(C(F)(F)F)CCC4)on3)cc2)cn1. The molecule has 0 aliphatic heterocycles. The Kier molecular flexibility index (Phi) is 7.36. The first-order valence-electron chi connectivity index (χ1n) is 10.1. The van der Waals surface area contributed by atoms with Crippen LogP contribution in [-0.4, -0.2) is 41.6 Å². The maximum Gasteiger partial charge on any atom is 0.401 e. The van der Waals surface area contributed by atoms with Gasteiger partial charge in [0.15, 0.2) is 11.6 Å². The van der Waals surface area contributed by atoms with E-state index in [1.807, 2.05) is 6.07 Å². The zero-order valence-corrected chi connectivity index (χ0v) is 19.2. The molecule has 0 spiro atoms. The van der Waals surface area contributed by atoms with Crippen molar-refractivity contribution in [3.05, 3.63) is 54.4 Å². The van der Waals surface area contributed by atoms with Crippen LogP contribution in [-0.2, 0) is 15.5 Å². The van der Waals surface area contributed by atoms with E-state index in [-0.39, 0.29) is 24.4 Å². The van der Waals surface area contributed by atoms with E-state index in [1.165, 1.54) is 0 Å². The van der Waals surface area contributed by atoms with E-state index in [9.17, 15) is 26.4 Å². The fourth-order valence-corrected chi connectivity index (χ4v) is 3.36. The number of urea groups is 1. The molecule has 0 saturated heterocycles. The van der Waals surface area contributed by atoms with Gasteiger partial charge in [0.1, 0.15) is 11.2 Å². The first kappa shape index (κ1) is 26.0. The number of amides is 2. The molecule has 3 aromatic rings. The highest BCUT2D eigenvalue weighted by atomic mass is 32.2. The second-order valence-electron chi connectivity index (χ2n) is 7.87. The number of anilines is 3. The zero-order chi connectivity index (χ0) is 25.9. The molecule has 2 aromatic heterocycles. The van der Waals surface area contributed by atoms with E-state index in [2.05, 4.69) is 20.8 Å². The minimum atomic E-state index is -4.42. The number of nitrogens with zero attached hydrogens (tertiary/aromatic N) is 2. The highest BCUT2D eigenvalue weighted by molar-refractivity contribution is 7.85. The minimum Gasteiger partial charge on any atom is -0.384 e. The summed E-state index contributed by atoms with van der Waals surface area (Å²) >= 11 is 0. The van der Waals surface area contributed by atoms with Crippen LogP contribution in [0, 0.1) is 0 Å². The molecular weight excluding hydrogens is 491 g/mol. The maximum absolute atomic E-state index is 13.4. The smallest absolute Gasteiger partial charge is 0.384 e. The number of rotatable bonds is 4. The van der Waals surface area contributed by atoms with Crippen molar-refractivity contribution < 1.29 is 35.5 Å². The lowest BCUT2D eigenvalue weighted by Gasteiger charge is -2.40. The summed E-state index contributed by atoms with van der Waals surface area (Å²) in [5.74, 6) is 0.0591. The average Bonchev–Trinajstić information content (AvgIpc) is 3.14. The van der Waals surface area contributed by atoms with Crippen LogP contribution >= 0.6 is 0 Å². The summed E-state index contributed by atoms with van der Waals surface area (Å²) in [6, 6.07) is 11.0. The largest absolute Gasteiger partial charge is 0.401 e. The summed E-state index contributed by atoms with van der Waals surface area (Å²) in [5, 5.41) is 8.54. The van der Waals surface area contributed by atoms with E-state index in [0.29, 0.717) is 24.2 Å². The van der Waals surface area contributed by atoms with Crippen LogP contribution in [0.15, 0.2) is 53.2 Å². The standard InChI is InChI=1S/C20H18F3N5O2.CH4O3S/c21-20(22,23)19(8-1-9-19)15-10-17(28-30-15)27-18(29)26-14-5-2-12(3-6-14)13-4-7-16(24)25-11-13;1-5(2,3)4/h2-7,10-11H,1,8-9H2,(H2,24,25)(H2,26,27,28,29);1H3,(H,2,3,4). The summed E-state index contributed by atoms with van der Waals surface area (Å²) < 4.78 is 70.9. The van der Waals surface area contributed by atoms with Gasteiger partial charge in [-0.1, -0.05) is 23.7 Å².